The maximum atomic E-state index is 4.25. The molecule has 13 heavy (non-hydrogen) atoms. The fourth-order valence-corrected chi connectivity index (χ4v) is 2.25. The van der Waals surface area contributed by atoms with E-state index in [1.807, 2.05) is 6.20 Å². The Kier molecular flexibility index (Phi) is 1.88. The maximum absolute atomic E-state index is 4.25. The highest BCUT2D eigenvalue weighted by molar-refractivity contribution is 7.10. The van der Waals surface area contributed by atoms with Gasteiger partial charge in [-0.05, 0) is 17.5 Å². The Morgan fingerprint density at radius 3 is 2.77 bits per heavy atom. The molecule has 0 bridgehead atoms. The molecule has 68 valence electrons. The fraction of sp³-hybridized carbons (Fsp3) is 0.364. The van der Waals surface area contributed by atoms with Crippen LogP contribution in [0, 0.1) is 0 Å². The van der Waals surface area contributed by atoms with Gasteiger partial charge in [0.05, 0.1) is 5.69 Å². The maximum Gasteiger partial charge on any atom is 0.0801 e. The molecule has 0 atom stereocenters. The quantitative estimate of drug-likeness (QED) is 0.620. The minimum absolute atomic E-state index is 0.246. The van der Waals surface area contributed by atoms with Crippen LogP contribution in [0.1, 0.15) is 25.6 Å². The zero-order valence-corrected chi connectivity index (χ0v) is 8.98. The molecule has 2 aliphatic rings. The molecule has 0 fully saturated rings. The van der Waals surface area contributed by atoms with E-state index in [4.69, 9.17) is 0 Å². The molecule has 1 nitrogen and oxygen atoms in total. The molecule has 0 radical (unpaired) electrons. The summed E-state index contributed by atoms with van der Waals surface area (Å²) in [5.41, 5.74) is 2.61. The first-order chi connectivity index (χ1) is 6.07. The third-order valence-corrected chi connectivity index (χ3v) is 3.41. The first-order valence-corrected chi connectivity index (χ1v) is 5.29. The first-order valence-electron chi connectivity index (χ1n) is 4.41. The average Bonchev–Trinajstić information content (AvgIpc) is 2.47. The van der Waals surface area contributed by atoms with Crippen molar-refractivity contribution < 1.29 is 0 Å². The van der Waals surface area contributed by atoms with Crippen LogP contribution in [0.3, 0.4) is 0 Å². The summed E-state index contributed by atoms with van der Waals surface area (Å²) in [7, 11) is 0. The van der Waals surface area contributed by atoms with Crippen molar-refractivity contribution in [3.05, 3.63) is 28.6 Å². The highest BCUT2D eigenvalue weighted by atomic mass is 32.1. The van der Waals surface area contributed by atoms with Crippen LogP contribution in [0.5, 0.6) is 0 Å². The van der Waals surface area contributed by atoms with Crippen molar-refractivity contribution in [3.63, 3.8) is 0 Å². The van der Waals surface area contributed by atoms with E-state index in [0.29, 0.717) is 0 Å². The summed E-state index contributed by atoms with van der Waals surface area (Å²) in [4.78, 5) is 5.66. The minimum atomic E-state index is 0.246. The summed E-state index contributed by atoms with van der Waals surface area (Å²) in [5.74, 6) is 0. The van der Waals surface area contributed by atoms with E-state index in [2.05, 4.69) is 43.3 Å². The van der Waals surface area contributed by atoms with Gasteiger partial charge in [0.15, 0.2) is 0 Å². The molecular formula is C11H13NS. The Labute approximate surface area is 82.8 Å². The molecule has 0 aromatic rings. The summed E-state index contributed by atoms with van der Waals surface area (Å²) >= 11 is 1.79. The van der Waals surface area contributed by atoms with Crippen molar-refractivity contribution in [3.8, 4) is 11.3 Å². The Hall–Kier alpha value is -0.890. The lowest BCUT2D eigenvalue weighted by Crippen LogP contribution is -2.09. The second kappa shape index (κ2) is 2.81. The van der Waals surface area contributed by atoms with E-state index in [-0.39, 0.29) is 5.41 Å². The van der Waals surface area contributed by atoms with E-state index in [0.717, 1.165) is 5.69 Å². The van der Waals surface area contributed by atoms with Crippen LogP contribution < -0.4 is 0 Å². The second-order valence-electron chi connectivity index (χ2n) is 4.28. The summed E-state index contributed by atoms with van der Waals surface area (Å²) in [6.07, 6.45) is 1.86. The van der Waals surface area contributed by atoms with Crippen molar-refractivity contribution in [1.29, 1.82) is 0 Å². The van der Waals surface area contributed by atoms with Gasteiger partial charge in [0.25, 0.3) is 0 Å². The molecule has 2 heteroatoms. The molecular weight excluding hydrogens is 178 g/mol. The Morgan fingerprint density at radius 1 is 1.31 bits per heavy atom. The Bertz CT molecular complexity index is 384. The number of aromatic nitrogens is 1. The molecule has 2 rings (SSSR count). The van der Waals surface area contributed by atoms with Gasteiger partial charge in [-0.1, -0.05) is 20.8 Å². The van der Waals surface area contributed by atoms with Crippen LogP contribution >= 0.6 is 11.3 Å². The van der Waals surface area contributed by atoms with Crippen LogP contribution in [0.25, 0.3) is 11.3 Å². The number of hydrogen-bond acceptors (Lipinski definition) is 2. The van der Waals surface area contributed by atoms with Crippen LogP contribution in [0.4, 0.5) is 0 Å². The summed E-state index contributed by atoms with van der Waals surface area (Å²) in [6.45, 7) is 6.71. The van der Waals surface area contributed by atoms with E-state index in [9.17, 15) is 0 Å². The molecule has 0 amide bonds. The van der Waals surface area contributed by atoms with E-state index in [1.54, 1.807) is 11.3 Å². The summed E-state index contributed by atoms with van der Waals surface area (Å²) in [6, 6.07) is 4.31. The molecule has 0 aliphatic carbocycles. The van der Waals surface area contributed by atoms with E-state index >= 15 is 0 Å². The van der Waals surface area contributed by atoms with Gasteiger partial charge in [-0.25, -0.2) is 0 Å². The smallest absolute Gasteiger partial charge is 0.0801 e. The van der Waals surface area contributed by atoms with Gasteiger partial charge in [-0.2, -0.15) is 0 Å². The molecule has 2 heterocycles. The summed E-state index contributed by atoms with van der Waals surface area (Å²) < 4.78 is 0. The lowest BCUT2D eigenvalue weighted by Gasteiger charge is -2.18. The molecule has 0 spiro atoms. The Morgan fingerprint density at radius 2 is 2.08 bits per heavy atom. The molecule has 0 unspecified atom stereocenters. The van der Waals surface area contributed by atoms with Gasteiger partial charge in [-0.3, -0.25) is 4.98 Å². The lowest BCUT2D eigenvalue weighted by atomic mass is 9.94. The SMILES string of the molecule is CC(C)(C)c1cc2ccnc-2cs1. The van der Waals surface area contributed by atoms with Gasteiger partial charge < -0.3 is 0 Å². The normalized spacial score (nSPS) is 12.2. The standard InChI is InChI=1S/C11H13NS/c1-11(2,3)10-6-8-4-5-12-9(8)7-13-10/h4-7H,1-3H3. The van der Waals surface area contributed by atoms with Crippen LogP contribution in [-0.4, -0.2) is 4.98 Å². The molecule has 0 N–H and O–H groups in total. The van der Waals surface area contributed by atoms with Crippen LogP contribution in [0.15, 0.2) is 23.7 Å². The topological polar surface area (TPSA) is 12.9 Å². The third kappa shape index (κ3) is 1.59. The molecule has 0 saturated carbocycles. The number of hydrogen-bond donors (Lipinski definition) is 0. The monoisotopic (exact) mass is 191 g/mol. The molecule has 2 aliphatic heterocycles. The van der Waals surface area contributed by atoms with E-state index in [1.165, 1.54) is 10.4 Å². The van der Waals surface area contributed by atoms with Gasteiger partial charge >= 0.3 is 0 Å². The second-order valence-corrected chi connectivity index (χ2v) is 5.19. The predicted molar refractivity (Wildman–Crippen MR) is 57.4 cm³/mol. The zero-order chi connectivity index (χ0) is 9.47. The van der Waals surface area contributed by atoms with Crippen molar-refractivity contribution in [2.24, 2.45) is 0 Å². The minimum Gasteiger partial charge on any atom is -0.255 e. The number of nitrogens with zero attached hydrogens (tertiary/aromatic N) is 1. The third-order valence-electron chi connectivity index (χ3n) is 2.09. The molecule has 0 saturated heterocycles. The van der Waals surface area contributed by atoms with Gasteiger partial charge in [0, 0.05) is 22.0 Å². The fourth-order valence-electron chi connectivity index (χ4n) is 1.27. The summed E-state index contributed by atoms with van der Waals surface area (Å²) in [5, 5.41) is 2.13. The number of rotatable bonds is 0. The van der Waals surface area contributed by atoms with Crippen molar-refractivity contribution in [1.82, 2.24) is 4.98 Å². The van der Waals surface area contributed by atoms with Crippen molar-refractivity contribution >= 4 is 11.3 Å². The van der Waals surface area contributed by atoms with Crippen LogP contribution in [0.2, 0.25) is 0 Å². The molecule has 0 aromatic heterocycles. The first kappa shape index (κ1) is 8.70. The highest BCUT2D eigenvalue weighted by Crippen LogP contribution is 2.32. The van der Waals surface area contributed by atoms with Gasteiger partial charge in [0.1, 0.15) is 0 Å². The Balaban J connectivity index is 2.56. The van der Waals surface area contributed by atoms with Crippen molar-refractivity contribution in [2.75, 3.05) is 0 Å². The zero-order valence-electron chi connectivity index (χ0n) is 8.16. The van der Waals surface area contributed by atoms with Gasteiger partial charge in [-0.15, -0.1) is 11.3 Å². The average molecular weight is 191 g/mol. The lowest BCUT2D eigenvalue weighted by molar-refractivity contribution is 0.603. The van der Waals surface area contributed by atoms with Crippen LogP contribution in [-0.2, 0) is 5.41 Å². The predicted octanol–water partition coefficient (Wildman–Crippen LogP) is 3.55. The van der Waals surface area contributed by atoms with Crippen molar-refractivity contribution in [2.45, 2.75) is 26.2 Å². The van der Waals surface area contributed by atoms with Gasteiger partial charge in [0.2, 0.25) is 0 Å². The largest absolute Gasteiger partial charge is 0.255 e. The van der Waals surface area contributed by atoms with E-state index < -0.39 is 0 Å². The molecule has 0 aromatic carbocycles. The number of fused-ring (bicyclic) bond motifs is 1. The highest BCUT2D eigenvalue weighted by Gasteiger charge is 2.16.